The summed E-state index contributed by atoms with van der Waals surface area (Å²) in [5.74, 6) is -0.649. The van der Waals surface area contributed by atoms with Gasteiger partial charge in [-0.15, -0.1) is 5.10 Å². The summed E-state index contributed by atoms with van der Waals surface area (Å²) >= 11 is 4.28. The number of nitro benzene ring substituents is 1. The van der Waals surface area contributed by atoms with Gasteiger partial charge in [0.1, 0.15) is 16.8 Å². The number of carboxylic acids is 1. The third-order valence-electron chi connectivity index (χ3n) is 3.53. The molecule has 2 N–H and O–H groups in total. The van der Waals surface area contributed by atoms with E-state index in [0.717, 1.165) is 11.8 Å². The molecule has 10 nitrogen and oxygen atoms in total. The Morgan fingerprint density at radius 3 is 2.89 bits per heavy atom. The third kappa shape index (κ3) is 4.64. The number of hydrogen-bond acceptors (Lipinski definition) is 8. The molecule has 1 aliphatic rings. The number of amidine groups is 1. The van der Waals surface area contributed by atoms with E-state index >= 15 is 0 Å². The average molecular weight is 467 g/mol. The van der Waals surface area contributed by atoms with Crippen molar-refractivity contribution < 1.29 is 24.0 Å². The van der Waals surface area contributed by atoms with E-state index < -0.39 is 22.0 Å². The molecule has 1 atom stereocenters. The number of carboxylic acid groups (broad SMARTS) is 1. The smallest absolute Gasteiger partial charge is 0.305 e. The second-order valence-corrected chi connectivity index (χ2v) is 7.51. The maximum absolute atomic E-state index is 11.6. The minimum atomic E-state index is -1.07. The van der Waals surface area contributed by atoms with Gasteiger partial charge < -0.3 is 14.8 Å². The van der Waals surface area contributed by atoms with Crippen molar-refractivity contribution in [2.45, 2.75) is 11.7 Å². The lowest BCUT2D eigenvalue weighted by Gasteiger charge is -2.00. The van der Waals surface area contributed by atoms with Crippen molar-refractivity contribution in [3.05, 3.63) is 50.7 Å². The zero-order chi connectivity index (χ0) is 20.3. The van der Waals surface area contributed by atoms with Crippen molar-refractivity contribution in [3.8, 4) is 11.3 Å². The molecule has 1 aromatic heterocycles. The molecule has 1 aliphatic heterocycles. The number of nitrogens with zero attached hydrogens (tertiary/aromatic N) is 3. The van der Waals surface area contributed by atoms with Gasteiger partial charge in [-0.3, -0.25) is 19.7 Å². The number of amides is 1. The molecule has 0 radical (unpaired) electrons. The first-order valence-corrected chi connectivity index (χ1v) is 9.35. The highest BCUT2D eigenvalue weighted by Crippen LogP contribution is 2.32. The molecule has 0 saturated carbocycles. The van der Waals surface area contributed by atoms with Gasteiger partial charge >= 0.3 is 5.97 Å². The van der Waals surface area contributed by atoms with Crippen LogP contribution < -0.4 is 5.32 Å². The van der Waals surface area contributed by atoms with E-state index in [0.29, 0.717) is 21.6 Å². The van der Waals surface area contributed by atoms with E-state index in [1.807, 2.05) is 0 Å². The molecule has 144 valence electrons. The van der Waals surface area contributed by atoms with Gasteiger partial charge in [0.05, 0.1) is 17.6 Å². The largest absolute Gasteiger partial charge is 0.481 e. The standard InChI is InChI=1S/C16H11BrN4O6S/c17-11-5-8(21(25)26)1-3-10(11)12-4-2-9(27-12)7-18-20-16-19-15(24)13(28-16)6-14(22)23/h1-5,7,13H,6H2,(H,22,23)(H,19,20,24)/b18-7-/t13-/m1/s1. The van der Waals surface area contributed by atoms with Gasteiger partial charge in [-0.25, -0.2) is 0 Å². The summed E-state index contributed by atoms with van der Waals surface area (Å²) in [6, 6.07) is 7.63. The number of carbonyl (C=O) groups excluding carboxylic acids is 1. The molecule has 3 rings (SSSR count). The van der Waals surface area contributed by atoms with Crippen LogP contribution in [-0.2, 0) is 9.59 Å². The van der Waals surface area contributed by atoms with Crippen LogP contribution in [0.15, 0.2) is 49.4 Å². The number of nitrogens with one attached hydrogen (secondary N) is 1. The van der Waals surface area contributed by atoms with E-state index in [-0.39, 0.29) is 17.3 Å². The van der Waals surface area contributed by atoms with Gasteiger partial charge in [0.25, 0.3) is 5.69 Å². The Labute approximate surface area is 170 Å². The van der Waals surface area contributed by atoms with Crippen LogP contribution in [0.2, 0.25) is 0 Å². The molecule has 28 heavy (non-hydrogen) atoms. The van der Waals surface area contributed by atoms with Gasteiger partial charge in [-0.1, -0.05) is 11.8 Å². The predicted molar refractivity (Wildman–Crippen MR) is 105 cm³/mol. The summed E-state index contributed by atoms with van der Waals surface area (Å²) in [5, 5.41) is 29.1. The summed E-state index contributed by atoms with van der Waals surface area (Å²) in [5.41, 5.74) is 0.587. The Bertz CT molecular complexity index is 1020. The lowest BCUT2D eigenvalue weighted by molar-refractivity contribution is -0.384. The van der Waals surface area contributed by atoms with E-state index in [1.54, 1.807) is 18.2 Å². The van der Waals surface area contributed by atoms with Crippen LogP contribution in [0.3, 0.4) is 0 Å². The molecule has 0 bridgehead atoms. The number of non-ortho nitro benzene ring substituents is 1. The van der Waals surface area contributed by atoms with E-state index in [2.05, 4.69) is 31.4 Å². The molecule has 1 aromatic carbocycles. The number of thioether (sulfide) groups is 1. The Kier molecular flexibility index (Phi) is 5.90. The zero-order valence-corrected chi connectivity index (χ0v) is 16.3. The van der Waals surface area contributed by atoms with E-state index in [9.17, 15) is 19.7 Å². The van der Waals surface area contributed by atoms with Crippen molar-refractivity contribution in [1.82, 2.24) is 5.32 Å². The fraction of sp³-hybridized carbons (Fsp3) is 0.125. The summed E-state index contributed by atoms with van der Waals surface area (Å²) in [4.78, 5) is 32.6. The van der Waals surface area contributed by atoms with Crippen LogP contribution in [0.1, 0.15) is 12.2 Å². The third-order valence-corrected chi connectivity index (χ3v) is 5.25. The number of hydrogen-bond donors (Lipinski definition) is 2. The van der Waals surface area contributed by atoms with Crippen molar-refractivity contribution in [1.29, 1.82) is 0 Å². The van der Waals surface area contributed by atoms with Crippen molar-refractivity contribution in [2.75, 3.05) is 0 Å². The number of benzene rings is 1. The normalized spacial score (nSPS) is 18.0. The summed E-state index contributed by atoms with van der Waals surface area (Å²) < 4.78 is 6.13. The van der Waals surface area contributed by atoms with Gasteiger partial charge in [-0.05, 0) is 34.1 Å². The van der Waals surface area contributed by atoms with Crippen LogP contribution in [0.5, 0.6) is 0 Å². The van der Waals surface area contributed by atoms with Crippen LogP contribution in [0.4, 0.5) is 5.69 Å². The second kappa shape index (κ2) is 8.35. The Morgan fingerprint density at radius 1 is 1.43 bits per heavy atom. The molecule has 0 unspecified atom stereocenters. The van der Waals surface area contributed by atoms with Crippen LogP contribution in [0, 0.1) is 10.1 Å². The topological polar surface area (TPSA) is 147 Å². The molecule has 0 aliphatic carbocycles. The molecule has 1 amide bonds. The summed E-state index contributed by atoms with van der Waals surface area (Å²) in [6.07, 6.45) is 1.03. The SMILES string of the molecule is O=C(O)C[C@H]1S/C(=N\N=C/c2ccc(-c3ccc([N+](=O)[O-])cc3Br)o2)NC1=O. The minimum absolute atomic E-state index is 0.0443. The van der Waals surface area contributed by atoms with E-state index in [1.165, 1.54) is 18.3 Å². The second-order valence-electron chi connectivity index (χ2n) is 5.47. The molecule has 12 heteroatoms. The Balaban J connectivity index is 1.69. The molecular weight excluding hydrogens is 456 g/mol. The fourth-order valence-electron chi connectivity index (χ4n) is 2.27. The van der Waals surface area contributed by atoms with Crippen molar-refractivity contribution in [3.63, 3.8) is 0 Å². The average Bonchev–Trinajstić information content (AvgIpc) is 3.21. The van der Waals surface area contributed by atoms with Gasteiger partial charge in [0.2, 0.25) is 5.91 Å². The Morgan fingerprint density at radius 2 is 2.21 bits per heavy atom. The highest BCUT2D eigenvalue weighted by Gasteiger charge is 2.32. The molecule has 0 spiro atoms. The Hall–Kier alpha value is -2.99. The lowest BCUT2D eigenvalue weighted by atomic mass is 10.1. The van der Waals surface area contributed by atoms with Gasteiger partial charge in [-0.2, -0.15) is 5.10 Å². The molecule has 2 aromatic rings. The highest BCUT2D eigenvalue weighted by molar-refractivity contribution is 9.10. The molecule has 2 heterocycles. The fourth-order valence-corrected chi connectivity index (χ4v) is 3.75. The first kappa shape index (κ1) is 19.8. The van der Waals surface area contributed by atoms with Gasteiger partial charge in [0, 0.05) is 22.2 Å². The molecular formula is C16H11BrN4O6S. The minimum Gasteiger partial charge on any atom is -0.481 e. The number of furan rings is 1. The maximum atomic E-state index is 11.6. The maximum Gasteiger partial charge on any atom is 0.305 e. The van der Waals surface area contributed by atoms with Crippen molar-refractivity contribution >= 4 is 56.6 Å². The summed E-state index contributed by atoms with van der Waals surface area (Å²) in [7, 11) is 0. The number of rotatable bonds is 6. The monoisotopic (exact) mass is 466 g/mol. The molecule has 1 fully saturated rings. The zero-order valence-electron chi connectivity index (χ0n) is 13.9. The summed E-state index contributed by atoms with van der Waals surface area (Å²) in [6.45, 7) is 0. The predicted octanol–water partition coefficient (Wildman–Crippen LogP) is 3.01. The van der Waals surface area contributed by atoms with E-state index in [4.69, 9.17) is 9.52 Å². The van der Waals surface area contributed by atoms with Gasteiger partial charge in [0.15, 0.2) is 5.17 Å². The number of nitro groups is 1. The lowest BCUT2D eigenvalue weighted by Crippen LogP contribution is -2.26. The van der Waals surface area contributed by atoms with Crippen LogP contribution >= 0.6 is 27.7 Å². The number of halogens is 1. The van der Waals surface area contributed by atoms with Crippen molar-refractivity contribution in [2.24, 2.45) is 10.2 Å². The number of aliphatic carboxylic acids is 1. The van der Waals surface area contributed by atoms with Crippen LogP contribution in [-0.4, -0.2) is 38.5 Å². The number of carbonyl (C=O) groups is 2. The highest BCUT2D eigenvalue weighted by atomic mass is 79.9. The first-order valence-electron chi connectivity index (χ1n) is 7.68. The van der Waals surface area contributed by atoms with Crippen LogP contribution in [0.25, 0.3) is 11.3 Å². The molecule has 1 saturated heterocycles. The quantitative estimate of drug-likeness (QED) is 0.377. The first-order chi connectivity index (χ1) is 13.3.